The second kappa shape index (κ2) is 10.1. The van der Waals surface area contributed by atoms with Gasteiger partial charge in [0.15, 0.2) is 5.16 Å². The maximum Gasteiger partial charge on any atom is 0.338 e. The average Bonchev–Trinajstić information content (AvgIpc) is 3.03. The number of halogens is 1. The predicted octanol–water partition coefficient (Wildman–Crippen LogP) is 4.40. The third-order valence-corrected chi connectivity index (χ3v) is 5.90. The number of rotatable bonds is 7. The minimum absolute atomic E-state index is 0.0257. The number of aryl methyl sites for hydroxylation is 2. The Kier molecular flexibility index (Phi) is 6.92. The predicted molar refractivity (Wildman–Crippen MR) is 129 cm³/mol. The molecule has 0 aliphatic carbocycles. The van der Waals surface area contributed by atoms with Crippen molar-refractivity contribution in [2.45, 2.75) is 25.9 Å². The second-order valence-electron chi connectivity index (χ2n) is 7.56. The van der Waals surface area contributed by atoms with Crippen LogP contribution in [0.5, 0.6) is 0 Å². The Morgan fingerprint density at radius 3 is 2.31 bits per heavy atom. The maximum atomic E-state index is 14.5. The molecule has 2 amide bonds. The van der Waals surface area contributed by atoms with E-state index in [2.05, 4.69) is 15.3 Å². The molecule has 2 aromatic carbocycles. The van der Waals surface area contributed by atoms with Crippen molar-refractivity contribution < 1.29 is 23.5 Å². The SMILES string of the molecule is CCOC(=O)c1ccc(NC2=C(Sc3nc(C)cc(C)n3)C(=O)N(c3ccccc3F)C2=O)cc1. The molecular weight excluding hydrogens is 471 g/mol. The minimum atomic E-state index is -0.721. The molecule has 0 spiro atoms. The summed E-state index contributed by atoms with van der Waals surface area (Å²) < 4.78 is 19.5. The van der Waals surface area contributed by atoms with Gasteiger partial charge in [-0.05, 0) is 75.0 Å². The standard InChI is InChI=1S/C25H21FN4O4S/c1-4-34-24(33)16-9-11-17(12-10-16)29-20-21(35-25-27-14(2)13-15(3)28-25)23(32)30(22(20)31)19-8-6-5-7-18(19)26/h5-13,29H,4H2,1-3H3. The van der Waals surface area contributed by atoms with E-state index in [4.69, 9.17) is 4.74 Å². The highest BCUT2D eigenvalue weighted by atomic mass is 32.2. The first-order valence-corrected chi connectivity index (χ1v) is 11.5. The molecule has 0 unspecified atom stereocenters. The number of amides is 2. The summed E-state index contributed by atoms with van der Waals surface area (Å²) >= 11 is 0.924. The molecule has 0 bridgehead atoms. The number of imide groups is 1. The fraction of sp³-hybridized carbons (Fsp3) is 0.160. The molecule has 0 saturated carbocycles. The van der Waals surface area contributed by atoms with E-state index in [0.29, 0.717) is 22.6 Å². The second-order valence-corrected chi connectivity index (χ2v) is 8.54. The van der Waals surface area contributed by atoms with E-state index in [0.717, 1.165) is 16.7 Å². The van der Waals surface area contributed by atoms with Gasteiger partial charge >= 0.3 is 5.97 Å². The van der Waals surface area contributed by atoms with Crippen molar-refractivity contribution in [1.82, 2.24) is 9.97 Å². The molecule has 178 valence electrons. The number of ether oxygens (including phenoxy) is 1. The summed E-state index contributed by atoms with van der Waals surface area (Å²) in [6.07, 6.45) is 0. The first kappa shape index (κ1) is 24.1. The summed E-state index contributed by atoms with van der Waals surface area (Å²) in [6, 6.07) is 13.6. The third kappa shape index (κ3) is 5.07. The minimum Gasteiger partial charge on any atom is -0.462 e. The Morgan fingerprint density at radius 2 is 1.69 bits per heavy atom. The normalized spacial score (nSPS) is 13.4. The molecule has 1 aliphatic heterocycles. The smallest absolute Gasteiger partial charge is 0.338 e. The summed E-state index contributed by atoms with van der Waals surface area (Å²) in [5.41, 5.74) is 1.99. The zero-order valence-electron chi connectivity index (χ0n) is 19.2. The molecule has 8 nitrogen and oxygen atoms in total. The van der Waals surface area contributed by atoms with Crippen molar-refractivity contribution in [2.75, 3.05) is 16.8 Å². The van der Waals surface area contributed by atoms with Crippen LogP contribution in [0.25, 0.3) is 0 Å². The van der Waals surface area contributed by atoms with Crippen molar-refractivity contribution >= 4 is 40.9 Å². The number of hydrogen-bond donors (Lipinski definition) is 1. The molecule has 4 rings (SSSR count). The average molecular weight is 493 g/mol. The number of nitrogens with one attached hydrogen (secondary N) is 1. The Hall–Kier alpha value is -4.05. The van der Waals surface area contributed by atoms with Crippen LogP contribution in [-0.2, 0) is 14.3 Å². The number of thioether (sulfide) groups is 1. The van der Waals surface area contributed by atoms with Crippen molar-refractivity contribution in [2.24, 2.45) is 0 Å². The Morgan fingerprint density at radius 1 is 1.03 bits per heavy atom. The van der Waals surface area contributed by atoms with Gasteiger partial charge in [0.05, 0.1) is 17.9 Å². The number of carbonyl (C=O) groups excluding carboxylic acids is 3. The Balaban J connectivity index is 1.72. The number of carbonyl (C=O) groups is 3. The van der Waals surface area contributed by atoms with E-state index in [1.54, 1.807) is 45.0 Å². The van der Waals surface area contributed by atoms with Gasteiger partial charge in [-0.15, -0.1) is 0 Å². The lowest BCUT2D eigenvalue weighted by molar-refractivity contribution is -0.120. The molecule has 0 radical (unpaired) electrons. The zero-order valence-corrected chi connectivity index (χ0v) is 20.0. The summed E-state index contributed by atoms with van der Waals surface area (Å²) in [6.45, 7) is 5.55. The quantitative estimate of drug-likeness (QED) is 0.294. The molecule has 2 heterocycles. The van der Waals surface area contributed by atoms with Gasteiger partial charge in [-0.1, -0.05) is 12.1 Å². The number of benzene rings is 2. The molecule has 1 aliphatic rings. The fourth-order valence-electron chi connectivity index (χ4n) is 3.45. The van der Waals surface area contributed by atoms with Gasteiger partial charge < -0.3 is 10.1 Å². The molecule has 3 aromatic rings. The van der Waals surface area contributed by atoms with Gasteiger partial charge in [0.1, 0.15) is 16.4 Å². The first-order valence-electron chi connectivity index (χ1n) is 10.7. The summed E-state index contributed by atoms with van der Waals surface area (Å²) in [4.78, 5) is 48.1. The van der Waals surface area contributed by atoms with Crippen LogP contribution in [-0.4, -0.2) is 34.4 Å². The molecule has 0 atom stereocenters. The summed E-state index contributed by atoms with van der Waals surface area (Å²) in [5.74, 6) is -2.60. The van der Waals surface area contributed by atoms with E-state index in [1.165, 1.54) is 30.3 Å². The van der Waals surface area contributed by atoms with Crippen LogP contribution >= 0.6 is 11.8 Å². The Bertz CT molecular complexity index is 1340. The van der Waals surface area contributed by atoms with Crippen LogP contribution in [0.3, 0.4) is 0 Å². The molecular formula is C25H21FN4O4S. The first-order chi connectivity index (χ1) is 16.8. The van der Waals surface area contributed by atoms with Gasteiger partial charge in [-0.3, -0.25) is 9.59 Å². The molecule has 35 heavy (non-hydrogen) atoms. The number of esters is 1. The van der Waals surface area contributed by atoms with Gasteiger partial charge in [-0.2, -0.15) is 0 Å². The lowest BCUT2D eigenvalue weighted by atomic mass is 10.2. The molecule has 10 heteroatoms. The number of aromatic nitrogens is 2. The van der Waals surface area contributed by atoms with E-state index in [9.17, 15) is 18.8 Å². The maximum absolute atomic E-state index is 14.5. The third-order valence-electron chi connectivity index (χ3n) is 4.96. The molecule has 1 aromatic heterocycles. The zero-order chi connectivity index (χ0) is 25.1. The molecule has 1 N–H and O–H groups in total. The van der Waals surface area contributed by atoms with E-state index in [-0.39, 0.29) is 28.1 Å². The van der Waals surface area contributed by atoms with Crippen LogP contribution in [0.15, 0.2) is 70.4 Å². The Labute approximate surface area is 205 Å². The van der Waals surface area contributed by atoms with Crippen LogP contribution in [0, 0.1) is 19.7 Å². The number of anilines is 2. The van der Waals surface area contributed by atoms with Crippen LogP contribution < -0.4 is 10.2 Å². The van der Waals surface area contributed by atoms with E-state index < -0.39 is 23.6 Å². The van der Waals surface area contributed by atoms with Crippen LogP contribution in [0.2, 0.25) is 0 Å². The van der Waals surface area contributed by atoms with Gasteiger partial charge in [0.2, 0.25) is 0 Å². The largest absolute Gasteiger partial charge is 0.462 e. The van der Waals surface area contributed by atoms with Gasteiger partial charge in [0, 0.05) is 17.1 Å². The highest BCUT2D eigenvalue weighted by Crippen LogP contribution is 2.37. The lowest BCUT2D eigenvalue weighted by Crippen LogP contribution is -2.33. The number of hydrogen-bond acceptors (Lipinski definition) is 8. The van der Waals surface area contributed by atoms with Crippen molar-refractivity contribution in [3.63, 3.8) is 0 Å². The van der Waals surface area contributed by atoms with Crippen molar-refractivity contribution in [3.8, 4) is 0 Å². The molecule has 0 saturated heterocycles. The van der Waals surface area contributed by atoms with Crippen LogP contribution in [0.1, 0.15) is 28.7 Å². The monoisotopic (exact) mass is 492 g/mol. The number of para-hydroxylation sites is 1. The van der Waals surface area contributed by atoms with E-state index in [1.807, 2.05) is 0 Å². The van der Waals surface area contributed by atoms with E-state index >= 15 is 0 Å². The summed E-state index contributed by atoms with van der Waals surface area (Å²) in [5, 5.41) is 3.24. The van der Waals surface area contributed by atoms with Gasteiger partial charge in [-0.25, -0.2) is 24.1 Å². The molecule has 0 fully saturated rings. The topological polar surface area (TPSA) is 101 Å². The van der Waals surface area contributed by atoms with Crippen molar-refractivity contribution in [3.05, 3.63) is 88.0 Å². The summed E-state index contributed by atoms with van der Waals surface area (Å²) in [7, 11) is 0. The van der Waals surface area contributed by atoms with Gasteiger partial charge in [0.25, 0.3) is 11.8 Å². The highest BCUT2D eigenvalue weighted by Gasteiger charge is 2.41. The lowest BCUT2D eigenvalue weighted by Gasteiger charge is -2.16. The highest BCUT2D eigenvalue weighted by molar-refractivity contribution is 8.04. The van der Waals surface area contributed by atoms with Crippen molar-refractivity contribution in [1.29, 1.82) is 0 Å². The number of nitrogens with zero attached hydrogens (tertiary/aromatic N) is 3. The fourth-order valence-corrected chi connectivity index (χ4v) is 4.43. The van der Waals surface area contributed by atoms with Crippen LogP contribution in [0.4, 0.5) is 15.8 Å².